The third-order valence-electron chi connectivity index (χ3n) is 2.86. The molecule has 3 N–H and O–H groups in total. The van der Waals surface area contributed by atoms with E-state index < -0.39 is 22.7 Å². The van der Waals surface area contributed by atoms with Crippen molar-refractivity contribution in [2.45, 2.75) is 25.5 Å². The number of hydrogen-bond donors (Lipinski definition) is 3. The Hall–Kier alpha value is -1.76. The number of carbonyl (C=O) groups is 2. The van der Waals surface area contributed by atoms with Crippen molar-refractivity contribution < 1.29 is 24.5 Å². The summed E-state index contributed by atoms with van der Waals surface area (Å²) < 4.78 is -0.994. The zero-order chi connectivity index (χ0) is 15.3. The van der Waals surface area contributed by atoms with Crippen molar-refractivity contribution >= 4 is 11.8 Å². The molecule has 0 aliphatic heterocycles. The maximum atomic E-state index is 11.9. The molecule has 110 valence electrons. The molecule has 1 aromatic carbocycles. The Morgan fingerprint density at radius 1 is 1.25 bits per heavy atom. The lowest BCUT2D eigenvalue weighted by molar-refractivity contribution is -1.01. The predicted octanol–water partition coefficient (Wildman–Crippen LogP) is 0.0869. The minimum absolute atomic E-state index is 0.299. The van der Waals surface area contributed by atoms with Crippen molar-refractivity contribution in [2.75, 3.05) is 14.1 Å². The van der Waals surface area contributed by atoms with E-state index in [0.717, 1.165) is 5.56 Å². The van der Waals surface area contributed by atoms with Crippen LogP contribution in [0.1, 0.15) is 12.5 Å². The van der Waals surface area contributed by atoms with E-state index in [1.165, 1.54) is 21.0 Å². The highest BCUT2D eigenvalue weighted by Gasteiger charge is 2.38. The Balaban J connectivity index is 2.89. The highest BCUT2D eigenvalue weighted by molar-refractivity contribution is 5.77. The summed E-state index contributed by atoms with van der Waals surface area (Å²) in [4.78, 5) is 23.1. The lowest BCUT2D eigenvalue weighted by Crippen LogP contribution is -2.56. The summed E-state index contributed by atoms with van der Waals surface area (Å²) in [5.41, 5.74) is 0.876. The molecule has 0 saturated carbocycles. The van der Waals surface area contributed by atoms with Crippen molar-refractivity contribution in [3.63, 3.8) is 0 Å². The third kappa shape index (κ3) is 4.73. The van der Waals surface area contributed by atoms with Crippen molar-refractivity contribution in [1.82, 2.24) is 5.32 Å². The summed E-state index contributed by atoms with van der Waals surface area (Å²) in [6.45, 7) is 1.31. The lowest BCUT2D eigenvalue weighted by atomic mass is 10.0. The molecule has 2 amide bonds. The summed E-state index contributed by atoms with van der Waals surface area (Å²) >= 11 is 0. The minimum atomic E-state index is -1.49. The van der Waals surface area contributed by atoms with Crippen molar-refractivity contribution in [1.29, 1.82) is 0 Å². The molecule has 0 aliphatic carbocycles. The van der Waals surface area contributed by atoms with Gasteiger partial charge in [0.2, 0.25) is 5.91 Å². The van der Waals surface area contributed by atoms with E-state index in [9.17, 15) is 19.9 Å². The molecular formula is C14H21N2O4+. The van der Waals surface area contributed by atoms with Gasteiger partial charge in [-0.05, 0) is 12.0 Å². The standard InChI is InChI=1S/C14H20N2O4/c1-10(17)15-12(9-11-7-5-4-6-8-11)13(18)14(19)16(2,3)20/h4-8,12-13,18,20H,9H2,1-3H3/p+1/t12-,13+/m1/s1. The van der Waals surface area contributed by atoms with Crippen LogP contribution in [0.2, 0.25) is 0 Å². The van der Waals surface area contributed by atoms with Crippen LogP contribution in [0.5, 0.6) is 0 Å². The zero-order valence-corrected chi connectivity index (χ0v) is 11.9. The van der Waals surface area contributed by atoms with Crippen LogP contribution in [-0.4, -0.2) is 53.0 Å². The van der Waals surface area contributed by atoms with Gasteiger partial charge < -0.3 is 10.4 Å². The molecule has 6 heteroatoms. The number of likely N-dealkylation sites (N-methyl/N-ethyl adjacent to an activating group) is 1. The van der Waals surface area contributed by atoms with Crippen LogP contribution in [0.15, 0.2) is 30.3 Å². The highest BCUT2D eigenvalue weighted by Crippen LogP contribution is 2.10. The fourth-order valence-corrected chi connectivity index (χ4v) is 1.87. The molecule has 1 rings (SSSR count). The first-order valence-corrected chi connectivity index (χ1v) is 6.32. The number of aliphatic hydroxyl groups excluding tert-OH is 1. The SMILES string of the molecule is CC(=O)N[C@H](Cc1ccccc1)[C@H](O)C(=O)[N+](C)(C)O. The number of nitrogens with zero attached hydrogens (tertiary/aromatic N) is 1. The fourth-order valence-electron chi connectivity index (χ4n) is 1.87. The van der Waals surface area contributed by atoms with Gasteiger partial charge in [0.05, 0.1) is 6.04 Å². The largest absolute Gasteiger partial charge is 0.378 e. The van der Waals surface area contributed by atoms with Gasteiger partial charge in [-0.3, -0.25) is 4.79 Å². The number of carbonyl (C=O) groups excluding carboxylic acids is 2. The smallest absolute Gasteiger partial charge is 0.375 e. The number of quaternary nitrogens is 1. The molecule has 0 fully saturated rings. The first kappa shape index (κ1) is 16.3. The lowest BCUT2D eigenvalue weighted by Gasteiger charge is -2.26. The Morgan fingerprint density at radius 2 is 1.80 bits per heavy atom. The van der Waals surface area contributed by atoms with Gasteiger partial charge in [-0.1, -0.05) is 30.3 Å². The number of aliphatic hydroxyl groups is 1. The number of amides is 2. The Kier molecular flexibility index (Phi) is 5.38. The zero-order valence-electron chi connectivity index (χ0n) is 11.9. The second-order valence-electron chi connectivity index (χ2n) is 5.17. The first-order chi connectivity index (χ1) is 9.21. The minimum Gasteiger partial charge on any atom is -0.378 e. The van der Waals surface area contributed by atoms with Crippen LogP contribution in [0.3, 0.4) is 0 Å². The maximum absolute atomic E-state index is 11.9. The van der Waals surface area contributed by atoms with Crippen LogP contribution < -0.4 is 5.32 Å². The number of rotatable bonds is 5. The molecular weight excluding hydrogens is 260 g/mol. The predicted molar refractivity (Wildman–Crippen MR) is 72.7 cm³/mol. The second-order valence-corrected chi connectivity index (χ2v) is 5.17. The van der Waals surface area contributed by atoms with Gasteiger partial charge in [0.1, 0.15) is 14.1 Å². The molecule has 0 unspecified atom stereocenters. The van der Waals surface area contributed by atoms with Crippen LogP contribution in [0.25, 0.3) is 0 Å². The van der Waals surface area contributed by atoms with Gasteiger partial charge >= 0.3 is 5.91 Å². The molecule has 0 bridgehead atoms. The van der Waals surface area contributed by atoms with E-state index in [-0.39, 0.29) is 5.91 Å². The highest BCUT2D eigenvalue weighted by atomic mass is 16.6. The molecule has 20 heavy (non-hydrogen) atoms. The monoisotopic (exact) mass is 281 g/mol. The molecule has 6 nitrogen and oxygen atoms in total. The summed E-state index contributed by atoms with van der Waals surface area (Å²) in [6.07, 6.45) is -1.19. The normalized spacial score (nSPS) is 14.4. The number of benzene rings is 1. The van der Waals surface area contributed by atoms with Gasteiger partial charge in [-0.25, -0.2) is 10.0 Å². The van der Waals surface area contributed by atoms with Crippen LogP contribution in [0.4, 0.5) is 0 Å². The van der Waals surface area contributed by atoms with Crippen molar-refractivity contribution in [3.8, 4) is 0 Å². The molecule has 0 heterocycles. The van der Waals surface area contributed by atoms with E-state index >= 15 is 0 Å². The second kappa shape index (κ2) is 6.60. The van der Waals surface area contributed by atoms with Crippen LogP contribution in [0, 0.1) is 0 Å². The first-order valence-electron chi connectivity index (χ1n) is 6.32. The summed E-state index contributed by atoms with van der Waals surface area (Å²) in [5, 5.41) is 22.3. The van der Waals surface area contributed by atoms with Crippen molar-refractivity contribution in [2.24, 2.45) is 0 Å². The van der Waals surface area contributed by atoms with E-state index in [4.69, 9.17) is 0 Å². The van der Waals surface area contributed by atoms with E-state index in [1.54, 1.807) is 0 Å². The number of nitrogens with one attached hydrogen (secondary N) is 1. The average molecular weight is 281 g/mol. The molecule has 0 saturated heterocycles. The van der Waals surface area contributed by atoms with Gasteiger partial charge in [-0.2, -0.15) is 0 Å². The van der Waals surface area contributed by atoms with Gasteiger partial charge in [0.15, 0.2) is 6.10 Å². The summed E-state index contributed by atoms with van der Waals surface area (Å²) in [5.74, 6) is -1.12. The maximum Gasteiger partial charge on any atom is 0.375 e. The molecule has 1 aromatic rings. The fraction of sp³-hybridized carbons (Fsp3) is 0.429. The van der Waals surface area contributed by atoms with Gasteiger partial charge in [0.25, 0.3) is 0 Å². The van der Waals surface area contributed by atoms with Gasteiger partial charge in [-0.15, -0.1) is 4.65 Å². The molecule has 0 aliphatic rings. The topological polar surface area (TPSA) is 86.6 Å². The van der Waals surface area contributed by atoms with E-state index in [0.29, 0.717) is 6.42 Å². The summed E-state index contributed by atoms with van der Waals surface area (Å²) in [6, 6.07) is 8.41. The van der Waals surface area contributed by atoms with E-state index in [1.807, 2.05) is 30.3 Å². The van der Waals surface area contributed by atoms with Gasteiger partial charge in [0, 0.05) is 6.92 Å². The average Bonchev–Trinajstić information content (AvgIpc) is 2.36. The van der Waals surface area contributed by atoms with Crippen LogP contribution >= 0.6 is 0 Å². The number of hydrogen-bond acceptors (Lipinski definition) is 4. The Labute approximate surface area is 118 Å². The molecule has 0 aromatic heterocycles. The Bertz CT molecular complexity index is 468. The molecule has 0 radical (unpaired) electrons. The van der Waals surface area contributed by atoms with Crippen molar-refractivity contribution in [3.05, 3.63) is 35.9 Å². The van der Waals surface area contributed by atoms with E-state index in [2.05, 4.69) is 5.32 Å². The molecule has 0 spiro atoms. The molecule has 2 atom stereocenters. The Morgan fingerprint density at radius 3 is 2.25 bits per heavy atom. The number of hydroxylamine groups is 3. The van der Waals surface area contributed by atoms with Crippen LogP contribution in [-0.2, 0) is 16.0 Å². The summed E-state index contributed by atoms with van der Waals surface area (Å²) in [7, 11) is 2.50. The quantitative estimate of drug-likeness (QED) is 0.405. The third-order valence-corrected chi connectivity index (χ3v) is 2.86.